The molecule has 2 saturated heterocycles. The molecule has 1 N–H and O–H groups in total. The Labute approximate surface area is 127 Å². The van der Waals surface area contributed by atoms with Crippen LogP contribution in [0.5, 0.6) is 0 Å². The molecule has 21 heavy (non-hydrogen) atoms. The second kappa shape index (κ2) is 7.78. The Balaban J connectivity index is 2.02. The monoisotopic (exact) mass is 296 g/mol. The lowest BCUT2D eigenvalue weighted by Gasteiger charge is -2.40. The highest BCUT2D eigenvalue weighted by Gasteiger charge is 2.35. The molecule has 0 saturated carbocycles. The van der Waals surface area contributed by atoms with Gasteiger partial charge in [-0.05, 0) is 44.4 Å². The molecule has 0 aromatic heterocycles. The Bertz CT molecular complexity index is 373. The highest BCUT2D eigenvalue weighted by atomic mass is 16.3. The van der Waals surface area contributed by atoms with Crippen LogP contribution in [0.3, 0.4) is 0 Å². The number of carbonyl (C=O) groups is 2. The van der Waals surface area contributed by atoms with Gasteiger partial charge in [-0.1, -0.05) is 6.92 Å². The molecule has 2 rings (SSSR count). The molecule has 2 atom stereocenters. The summed E-state index contributed by atoms with van der Waals surface area (Å²) in [7, 11) is 0. The second-order valence-corrected chi connectivity index (χ2v) is 6.32. The van der Waals surface area contributed by atoms with Crippen molar-refractivity contribution in [3.8, 4) is 0 Å². The maximum atomic E-state index is 12.8. The van der Waals surface area contributed by atoms with Crippen LogP contribution in [0.25, 0.3) is 0 Å². The molecule has 5 nitrogen and oxygen atoms in total. The van der Waals surface area contributed by atoms with E-state index in [1.807, 2.05) is 11.8 Å². The first kappa shape index (κ1) is 16.3. The van der Waals surface area contributed by atoms with Gasteiger partial charge in [0.1, 0.15) is 6.04 Å². The van der Waals surface area contributed by atoms with Crippen molar-refractivity contribution in [2.75, 3.05) is 26.2 Å². The number of nitrogens with zero attached hydrogens (tertiary/aromatic N) is 2. The average molecular weight is 296 g/mol. The lowest BCUT2D eigenvalue weighted by molar-refractivity contribution is -0.149. The second-order valence-electron chi connectivity index (χ2n) is 6.32. The van der Waals surface area contributed by atoms with Gasteiger partial charge in [0.2, 0.25) is 11.8 Å². The SMILES string of the molecule is CCCC(=O)N1CCCCC1C(=O)N1CCCC(CO)C1. The van der Waals surface area contributed by atoms with E-state index < -0.39 is 0 Å². The van der Waals surface area contributed by atoms with E-state index in [2.05, 4.69) is 0 Å². The van der Waals surface area contributed by atoms with Gasteiger partial charge in [0.25, 0.3) is 0 Å². The minimum atomic E-state index is -0.268. The van der Waals surface area contributed by atoms with Gasteiger partial charge in [-0.25, -0.2) is 0 Å². The molecular weight excluding hydrogens is 268 g/mol. The van der Waals surface area contributed by atoms with Crippen molar-refractivity contribution < 1.29 is 14.7 Å². The standard InChI is InChI=1S/C16H28N2O3/c1-2-6-15(20)18-10-4-3-8-14(18)16(21)17-9-5-7-13(11-17)12-19/h13-14,19H,2-12H2,1H3. The van der Waals surface area contributed by atoms with Crippen molar-refractivity contribution in [1.82, 2.24) is 9.80 Å². The zero-order valence-electron chi connectivity index (χ0n) is 13.1. The molecule has 2 fully saturated rings. The van der Waals surface area contributed by atoms with Crippen LogP contribution in [0, 0.1) is 5.92 Å². The molecule has 0 aliphatic carbocycles. The molecule has 0 spiro atoms. The van der Waals surface area contributed by atoms with Gasteiger partial charge < -0.3 is 14.9 Å². The Kier molecular flexibility index (Phi) is 6.03. The van der Waals surface area contributed by atoms with Crippen LogP contribution >= 0.6 is 0 Å². The summed E-state index contributed by atoms with van der Waals surface area (Å²) in [6, 6.07) is -0.268. The van der Waals surface area contributed by atoms with E-state index >= 15 is 0 Å². The van der Waals surface area contributed by atoms with Crippen molar-refractivity contribution in [2.24, 2.45) is 5.92 Å². The number of hydrogen-bond donors (Lipinski definition) is 1. The summed E-state index contributed by atoms with van der Waals surface area (Å²) in [5.41, 5.74) is 0. The van der Waals surface area contributed by atoms with Gasteiger partial charge in [-0.15, -0.1) is 0 Å². The minimum absolute atomic E-state index is 0.0947. The van der Waals surface area contributed by atoms with E-state index in [1.165, 1.54) is 0 Å². The Morgan fingerprint density at radius 3 is 2.67 bits per heavy atom. The van der Waals surface area contributed by atoms with Crippen molar-refractivity contribution in [1.29, 1.82) is 0 Å². The molecule has 0 bridgehead atoms. The summed E-state index contributed by atoms with van der Waals surface area (Å²) < 4.78 is 0. The van der Waals surface area contributed by atoms with Crippen LogP contribution in [-0.4, -0.2) is 59.0 Å². The van der Waals surface area contributed by atoms with Gasteiger partial charge in [-0.2, -0.15) is 0 Å². The van der Waals surface area contributed by atoms with Gasteiger partial charge in [-0.3, -0.25) is 9.59 Å². The third-order valence-corrected chi connectivity index (χ3v) is 4.66. The molecule has 2 unspecified atom stereocenters. The molecule has 0 radical (unpaired) electrons. The summed E-state index contributed by atoms with van der Waals surface area (Å²) in [6.07, 6.45) is 6.10. The largest absolute Gasteiger partial charge is 0.396 e. The summed E-state index contributed by atoms with van der Waals surface area (Å²) >= 11 is 0. The highest BCUT2D eigenvalue weighted by Crippen LogP contribution is 2.23. The van der Waals surface area contributed by atoms with E-state index in [9.17, 15) is 14.7 Å². The number of aliphatic hydroxyl groups excluding tert-OH is 1. The third kappa shape index (κ3) is 3.96. The number of rotatable bonds is 4. The summed E-state index contributed by atoms with van der Waals surface area (Å²) in [6.45, 7) is 4.26. The maximum Gasteiger partial charge on any atom is 0.245 e. The fourth-order valence-corrected chi connectivity index (χ4v) is 3.47. The lowest BCUT2D eigenvalue weighted by Crippen LogP contribution is -2.55. The number of carbonyl (C=O) groups excluding carboxylic acids is 2. The summed E-state index contributed by atoms with van der Waals surface area (Å²) in [4.78, 5) is 28.7. The predicted molar refractivity (Wildman–Crippen MR) is 80.6 cm³/mol. The lowest BCUT2D eigenvalue weighted by atomic mass is 9.95. The first-order valence-corrected chi connectivity index (χ1v) is 8.36. The smallest absolute Gasteiger partial charge is 0.245 e. The number of aliphatic hydroxyl groups is 1. The maximum absolute atomic E-state index is 12.8. The fraction of sp³-hybridized carbons (Fsp3) is 0.875. The zero-order chi connectivity index (χ0) is 15.2. The van der Waals surface area contributed by atoms with Gasteiger partial charge in [0.05, 0.1) is 0 Å². The average Bonchev–Trinajstić information content (AvgIpc) is 2.54. The van der Waals surface area contributed by atoms with E-state index in [0.29, 0.717) is 19.5 Å². The van der Waals surface area contributed by atoms with Crippen LogP contribution in [-0.2, 0) is 9.59 Å². The van der Waals surface area contributed by atoms with Crippen LogP contribution < -0.4 is 0 Å². The Morgan fingerprint density at radius 2 is 1.95 bits per heavy atom. The molecular formula is C16H28N2O3. The molecule has 0 aromatic rings. The van der Waals surface area contributed by atoms with E-state index in [-0.39, 0.29) is 30.4 Å². The van der Waals surface area contributed by atoms with Crippen LogP contribution in [0.2, 0.25) is 0 Å². The summed E-state index contributed by atoms with van der Waals surface area (Å²) in [5, 5.41) is 9.31. The summed E-state index contributed by atoms with van der Waals surface area (Å²) in [5.74, 6) is 0.412. The van der Waals surface area contributed by atoms with Gasteiger partial charge in [0.15, 0.2) is 0 Å². The Hall–Kier alpha value is -1.10. The van der Waals surface area contributed by atoms with Crippen molar-refractivity contribution >= 4 is 11.8 Å². The normalized spacial score (nSPS) is 26.8. The molecule has 2 aliphatic heterocycles. The first-order valence-electron chi connectivity index (χ1n) is 8.36. The number of likely N-dealkylation sites (tertiary alicyclic amines) is 2. The molecule has 5 heteroatoms. The number of amides is 2. The minimum Gasteiger partial charge on any atom is -0.396 e. The van der Waals surface area contributed by atoms with Crippen molar-refractivity contribution in [3.05, 3.63) is 0 Å². The molecule has 120 valence electrons. The molecule has 2 aliphatic rings. The third-order valence-electron chi connectivity index (χ3n) is 4.66. The van der Waals surface area contributed by atoms with Crippen LogP contribution in [0.4, 0.5) is 0 Å². The van der Waals surface area contributed by atoms with Crippen molar-refractivity contribution in [3.63, 3.8) is 0 Å². The van der Waals surface area contributed by atoms with E-state index in [0.717, 1.165) is 45.1 Å². The molecule has 2 heterocycles. The zero-order valence-corrected chi connectivity index (χ0v) is 13.1. The van der Waals surface area contributed by atoms with Gasteiger partial charge in [0, 0.05) is 32.7 Å². The van der Waals surface area contributed by atoms with Gasteiger partial charge >= 0.3 is 0 Å². The molecule has 0 aromatic carbocycles. The predicted octanol–water partition coefficient (Wildman–Crippen LogP) is 1.40. The molecule has 2 amide bonds. The number of piperidine rings is 2. The van der Waals surface area contributed by atoms with E-state index in [4.69, 9.17) is 0 Å². The quantitative estimate of drug-likeness (QED) is 0.853. The Morgan fingerprint density at radius 1 is 1.14 bits per heavy atom. The van der Waals surface area contributed by atoms with E-state index in [1.54, 1.807) is 4.90 Å². The first-order chi connectivity index (χ1) is 10.2. The van der Waals surface area contributed by atoms with Crippen molar-refractivity contribution in [2.45, 2.75) is 57.9 Å². The fourth-order valence-electron chi connectivity index (χ4n) is 3.47. The van der Waals surface area contributed by atoms with Crippen LogP contribution in [0.1, 0.15) is 51.9 Å². The van der Waals surface area contributed by atoms with Crippen LogP contribution in [0.15, 0.2) is 0 Å². The highest BCUT2D eigenvalue weighted by molar-refractivity contribution is 5.88. The topological polar surface area (TPSA) is 60.9 Å². The number of hydrogen-bond acceptors (Lipinski definition) is 3.